The Morgan fingerprint density at radius 2 is 1.73 bits per heavy atom. The molecular weight excluding hydrogens is 136 g/mol. The maximum absolute atomic E-state index is 5.78. The first-order valence-electron chi connectivity index (χ1n) is 4.14. The van der Waals surface area contributed by atoms with Crippen molar-refractivity contribution in [3.63, 3.8) is 0 Å². The van der Waals surface area contributed by atoms with Crippen LogP contribution in [0.25, 0.3) is 0 Å². The summed E-state index contributed by atoms with van der Waals surface area (Å²) in [5.74, 6) is 1.21. The lowest BCUT2D eigenvalue weighted by molar-refractivity contribution is 0.187. The highest BCUT2D eigenvalue weighted by atomic mass is 15.0. The molecule has 0 aromatic rings. The van der Waals surface area contributed by atoms with E-state index in [-0.39, 0.29) is 11.0 Å². The van der Waals surface area contributed by atoms with Crippen LogP contribution in [-0.4, -0.2) is 11.4 Å². The molecule has 0 spiro atoms. The smallest absolute Gasteiger partial charge is 0.0978 e. The van der Waals surface area contributed by atoms with Crippen LogP contribution >= 0.6 is 0 Å². The third-order valence-corrected chi connectivity index (χ3v) is 3.51. The van der Waals surface area contributed by atoms with Gasteiger partial charge in [0.1, 0.15) is 0 Å². The number of nitrogens with zero attached hydrogens (tertiary/aromatic N) is 1. The summed E-state index contributed by atoms with van der Waals surface area (Å²) in [5, 5.41) is 0. The fourth-order valence-corrected chi connectivity index (χ4v) is 1.46. The van der Waals surface area contributed by atoms with Gasteiger partial charge in [-0.25, -0.2) is 0 Å². The molecule has 1 rings (SSSR count). The summed E-state index contributed by atoms with van der Waals surface area (Å²) in [5.41, 5.74) is 5.97. The lowest BCUT2D eigenvalue weighted by Crippen LogP contribution is -2.38. The fourth-order valence-electron chi connectivity index (χ4n) is 1.46. The minimum atomic E-state index is -0.00347. The van der Waals surface area contributed by atoms with Crippen molar-refractivity contribution in [2.45, 2.75) is 40.2 Å². The van der Waals surface area contributed by atoms with E-state index in [9.17, 15) is 0 Å². The van der Waals surface area contributed by atoms with E-state index >= 15 is 0 Å². The number of aliphatic imine (C=N–C) groups is 1. The molecule has 1 aliphatic heterocycles. The van der Waals surface area contributed by atoms with E-state index < -0.39 is 0 Å². The maximum atomic E-state index is 5.78. The first kappa shape index (κ1) is 8.57. The Hall–Kier alpha value is -0.530. The van der Waals surface area contributed by atoms with Gasteiger partial charge in [0.25, 0.3) is 0 Å². The maximum Gasteiger partial charge on any atom is 0.0978 e. The molecule has 2 N–H and O–H groups in total. The monoisotopic (exact) mass is 154 g/mol. The average molecular weight is 154 g/mol. The first-order chi connectivity index (χ1) is 4.79. The Kier molecular flexibility index (Phi) is 1.55. The summed E-state index contributed by atoms with van der Waals surface area (Å²) >= 11 is 0. The van der Waals surface area contributed by atoms with Gasteiger partial charge in [0.05, 0.1) is 11.4 Å². The molecule has 0 saturated carbocycles. The van der Waals surface area contributed by atoms with Gasteiger partial charge in [-0.05, 0) is 19.3 Å². The molecule has 0 bridgehead atoms. The molecule has 1 heterocycles. The van der Waals surface area contributed by atoms with E-state index in [0.717, 1.165) is 5.84 Å². The zero-order valence-electron chi connectivity index (χ0n) is 8.10. The van der Waals surface area contributed by atoms with Gasteiger partial charge in [-0.2, -0.15) is 0 Å². The van der Waals surface area contributed by atoms with E-state index in [1.54, 1.807) is 0 Å². The van der Waals surface area contributed by atoms with Crippen LogP contribution in [-0.2, 0) is 0 Å². The summed E-state index contributed by atoms with van der Waals surface area (Å²) < 4.78 is 0. The van der Waals surface area contributed by atoms with Crippen molar-refractivity contribution in [3.8, 4) is 0 Å². The zero-order chi connectivity index (χ0) is 8.86. The second-order valence-electron chi connectivity index (χ2n) is 4.54. The molecule has 0 aromatic carbocycles. The molecule has 0 amide bonds. The fraction of sp³-hybridized carbons (Fsp3) is 0.889. The van der Waals surface area contributed by atoms with Crippen LogP contribution in [0.15, 0.2) is 4.99 Å². The van der Waals surface area contributed by atoms with Crippen LogP contribution < -0.4 is 5.73 Å². The van der Waals surface area contributed by atoms with Crippen molar-refractivity contribution < 1.29 is 0 Å². The number of hydrogen-bond donors (Lipinski definition) is 1. The Morgan fingerprint density at radius 3 is 1.82 bits per heavy atom. The highest BCUT2D eigenvalue weighted by Gasteiger charge is 2.47. The minimum Gasteiger partial charge on any atom is -0.387 e. The van der Waals surface area contributed by atoms with Crippen LogP contribution in [0.4, 0.5) is 0 Å². The molecule has 0 aromatic heterocycles. The molecular formula is C9H18N2. The third-order valence-electron chi connectivity index (χ3n) is 3.51. The standard InChI is InChI=1S/C9H18N2/c1-6-7(10)11-9(4,5)8(6,2)3/h6H,1-5H3,(H2,10,11). The SMILES string of the molecule is CC1C(N)=NC(C)(C)C1(C)C. The lowest BCUT2D eigenvalue weighted by atomic mass is 9.69. The van der Waals surface area contributed by atoms with Gasteiger partial charge in [0, 0.05) is 5.92 Å². The van der Waals surface area contributed by atoms with Gasteiger partial charge >= 0.3 is 0 Å². The largest absolute Gasteiger partial charge is 0.387 e. The zero-order valence-corrected chi connectivity index (χ0v) is 8.10. The van der Waals surface area contributed by atoms with Crippen LogP contribution in [0.2, 0.25) is 0 Å². The van der Waals surface area contributed by atoms with E-state index in [4.69, 9.17) is 5.73 Å². The molecule has 0 radical (unpaired) electrons. The number of hydrogen-bond acceptors (Lipinski definition) is 2. The Morgan fingerprint density at radius 1 is 1.27 bits per heavy atom. The number of rotatable bonds is 0. The molecule has 11 heavy (non-hydrogen) atoms. The Labute approximate surface area is 68.9 Å². The molecule has 0 fully saturated rings. The molecule has 1 atom stereocenters. The Bertz CT molecular complexity index is 202. The van der Waals surface area contributed by atoms with Crippen LogP contribution in [0.5, 0.6) is 0 Å². The lowest BCUT2D eigenvalue weighted by Gasteiger charge is -2.35. The number of amidine groups is 1. The molecule has 0 saturated heterocycles. The van der Waals surface area contributed by atoms with Crippen molar-refractivity contribution in [2.75, 3.05) is 0 Å². The average Bonchev–Trinajstić information content (AvgIpc) is 1.93. The molecule has 0 aliphatic carbocycles. The molecule has 2 nitrogen and oxygen atoms in total. The second-order valence-corrected chi connectivity index (χ2v) is 4.54. The predicted octanol–water partition coefficient (Wildman–Crippen LogP) is 1.80. The van der Waals surface area contributed by atoms with E-state index in [1.807, 2.05) is 0 Å². The molecule has 1 unspecified atom stereocenters. The van der Waals surface area contributed by atoms with Gasteiger partial charge < -0.3 is 5.73 Å². The summed E-state index contributed by atoms with van der Waals surface area (Å²) in [6, 6.07) is 0. The molecule has 2 heteroatoms. The van der Waals surface area contributed by atoms with Gasteiger partial charge in [-0.15, -0.1) is 0 Å². The van der Waals surface area contributed by atoms with E-state index in [0.29, 0.717) is 5.92 Å². The highest BCUT2D eigenvalue weighted by Crippen LogP contribution is 2.45. The van der Waals surface area contributed by atoms with Gasteiger partial charge in [-0.1, -0.05) is 20.8 Å². The number of nitrogens with two attached hydrogens (primary N) is 1. The van der Waals surface area contributed by atoms with Gasteiger partial charge in [0.15, 0.2) is 0 Å². The highest BCUT2D eigenvalue weighted by molar-refractivity contribution is 5.86. The van der Waals surface area contributed by atoms with Crippen molar-refractivity contribution in [2.24, 2.45) is 22.1 Å². The van der Waals surface area contributed by atoms with Gasteiger partial charge in [-0.3, -0.25) is 4.99 Å². The van der Waals surface area contributed by atoms with Crippen molar-refractivity contribution in [3.05, 3.63) is 0 Å². The van der Waals surface area contributed by atoms with Crippen LogP contribution in [0.1, 0.15) is 34.6 Å². The summed E-state index contributed by atoms with van der Waals surface area (Å²) in [6.45, 7) is 10.9. The van der Waals surface area contributed by atoms with Crippen LogP contribution in [0, 0.1) is 11.3 Å². The van der Waals surface area contributed by atoms with Crippen molar-refractivity contribution in [1.82, 2.24) is 0 Å². The first-order valence-corrected chi connectivity index (χ1v) is 4.14. The summed E-state index contributed by atoms with van der Waals surface area (Å²) in [4.78, 5) is 4.45. The third kappa shape index (κ3) is 0.959. The van der Waals surface area contributed by atoms with Crippen molar-refractivity contribution in [1.29, 1.82) is 0 Å². The predicted molar refractivity (Wildman–Crippen MR) is 48.6 cm³/mol. The van der Waals surface area contributed by atoms with Crippen LogP contribution in [0.3, 0.4) is 0 Å². The summed E-state index contributed by atoms with van der Waals surface area (Å²) in [6.07, 6.45) is 0. The Balaban J connectivity index is 3.05. The quantitative estimate of drug-likeness (QED) is 0.567. The van der Waals surface area contributed by atoms with E-state index in [1.165, 1.54) is 0 Å². The second kappa shape index (κ2) is 1.99. The topological polar surface area (TPSA) is 38.4 Å². The van der Waals surface area contributed by atoms with Gasteiger partial charge in [0.2, 0.25) is 0 Å². The van der Waals surface area contributed by atoms with E-state index in [2.05, 4.69) is 39.6 Å². The normalized spacial score (nSPS) is 33.5. The molecule has 1 aliphatic rings. The van der Waals surface area contributed by atoms with Crippen molar-refractivity contribution >= 4 is 5.84 Å². The summed E-state index contributed by atoms with van der Waals surface area (Å²) in [7, 11) is 0. The minimum absolute atomic E-state index is 0.00347. The molecule has 64 valence electrons.